The molecule has 19 heavy (non-hydrogen) atoms. The number of anilines is 1. The summed E-state index contributed by atoms with van der Waals surface area (Å²) in [5, 5.41) is 16.9. The number of nitrogens with one attached hydrogen (secondary N) is 2. The van der Waals surface area contributed by atoms with Gasteiger partial charge in [0, 0.05) is 17.3 Å². The van der Waals surface area contributed by atoms with E-state index in [0.717, 1.165) is 12.1 Å². The standard InChI is InChI=1S/C9H7ClN4O4S/c10-6-1-2-9(8(3-6)14(15)16)19(17,18)13-7-4-11-12-5-7/h1-5,13H,(H,11,12). The number of H-pyrrole nitrogens is 1. The third-order valence-corrected chi connectivity index (χ3v) is 3.82. The number of nitrogens with zero attached hydrogens (tertiary/aromatic N) is 2. The fourth-order valence-electron chi connectivity index (χ4n) is 1.38. The van der Waals surface area contributed by atoms with Crippen molar-refractivity contribution in [3.63, 3.8) is 0 Å². The fraction of sp³-hybridized carbons (Fsp3) is 0. The van der Waals surface area contributed by atoms with Crippen LogP contribution in [0.15, 0.2) is 35.5 Å². The van der Waals surface area contributed by atoms with Crippen LogP contribution < -0.4 is 4.72 Å². The number of nitro benzene ring substituents is 1. The Morgan fingerprint density at radius 2 is 2.16 bits per heavy atom. The number of hydrogen-bond donors (Lipinski definition) is 2. The fourth-order valence-corrected chi connectivity index (χ4v) is 2.73. The third-order valence-electron chi connectivity index (χ3n) is 2.16. The average Bonchev–Trinajstić information content (AvgIpc) is 2.80. The average molecular weight is 303 g/mol. The minimum Gasteiger partial charge on any atom is -0.284 e. The molecule has 0 spiro atoms. The zero-order valence-corrected chi connectivity index (χ0v) is 10.8. The van der Waals surface area contributed by atoms with Gasteiger partial charge < -0.3 is 0 Å². The summed E-state index contributed by atoms with van der Waals surface area (Å²) in [6.07, 6.45) is 2.54. The Kier molecular flexibility index (Phi) is 3.40. The van der Waals surface area contributed by atoms with Gasteiger partial charge in [0.25, 0.3) is 15.7 Å². The first-order valence-electron chi connectivity index (χ1n) is 4.86. The van der Waals surface area contributed by atoms with E-state index in [1.165, 1.54) is 18.5 Å². The molecule has 1 heterocycles. The van der Waals surface area contributed by atoms with Crippen molar-refractivity contribution in [3.05, 3.63) is 45.7 Å². The summed E-state index contributed by atoms with van der Waals surface area (Å²) in [5.41, 5.74) is -0.423. The van der Waals surface area contributed by atoms with Crippen LogP contribution in [0.2, 0.25) is 5.02 Å². The Morgan fingerprint density at radius 3 is 2.74 bits per heavy atom. The highest BCUT2D eigenvalue weighted by atomic mass is 35.5. The van der Waals surface area contributed by atoms with Gasteiger partial charge in [0.1, 0.15) is 0 Å². The Balaban J connectivity index is 2.49. The van der Waals surface area contributed by atoms with Gasteiger partial charge in [-0.15, -0.1) is 0 Å². The summed E-state index contributed by atoms with van der Waals surface area (Å²) in [6, 6.07) is 3.31. The number of nitro groups is 1. The third kappa shape index (κ3) is 2.83. The maximum atomic E-state index is 12.0. The molecule has 0 saturated heterocycles. The molecule has 100 valence electrons. The van der Waals surface area contributed by atoms with Crippen molar-refractivity contribution < 1.29 is 13.3 Å². The van der Waals surface area contributed by atoms with E-state index >= 15 is 0 Å². The molecule has 1 aromatic heterocycles. The van der Waals surface area contributed by atoms with Gasteiger partial charge in [0.05, 0.1) is 16.8 Å². The smallest absolute Gasteiger partial charge is 0.284 e. The van der Waals surface area contributed by atoms with E-state index < -0.39 is 25.5 Å². The molecule has 0 aliphatic carbocycles. The van der Waals surface area contributed by atoms with Gasteiger partial charge in [-0.3, -0.25) is 19.9 Å². The molecule has 0 aliphatic rings. The number of halogens is 1. The predicted octanol–water partition coefficient (Wildman–Crippen LogP) is 1.77. The number of rotatable bonds is 4. The van der Waals surface area contributed by atoms with Gasteiger partial charge in [-0.05, 0) is 12.1 Å². The minimum atomic E-state index is -4.09. The molecular weight excluding hydrogens is 296 g/mol. The van der Waals surface area contributed by atoms with Crippen molar-refractivity contribution >= 4 is 33.0 Å². The molecule has 10 heteroatoms. The molecule has 0 radical (unpaired) electrons. The lowest BCUT2D eigenvalue weighted by Gasteiger charge is -2.06. The first-order chi connectivity index (χ1) is 8.90. The molecule has 0 atom stereocenters. The second kappa shape index (κ2) is 4.86. The molecule has 0 unspecified atom stereocenters. The van der Waals surface area contributed by atoms with Gasteiger partial charge in [-0.2, -0.15) is 5.10 Å². The lowest BCUT2D eigenvalue weighted by atomic mass is 10.3. The summed E-state index contributed by atoms with van der Waals surface area (Å²) in [4.78, 5) is 9.58. The number of aromatic amines is 1. The Hall–Kier alpha value is -2.13. The normalized spacial score (nSPS) is 11.2. The summed E-state index contributed by atoms with van der Waals surface area (Å²) in [6.45, 7) is 0. The highest BCUT2D eigenvalue weighted by molar-refractivity contribution is 7.92. The van der Waals surface area contributed by atoms with Gasteiger partial charge >= 0.3 is 0 Å². The van der Waals surface area contributed by atoms with Gasteiger partial charge in [-0.1, -0.05) is 11.6 Å². The number of benzene rings is 1. The van der Waals surface area contributed by atoms with E-state index in [4.69, 9.17) is 11.6 Å². The van der Waals surface area contributed by atoms with Crippen LogP contribution in [0.25, 0.3) is 0 Å². The van der Waals surface area contributed by atoms with Crippen molar-refractivity contribution in [2.75, 3.05) is 4.72 Å². The largest absolute Gasteiger partial charge is 0.291 e. The van der Waals surface area contributed by atoms with Crippen molar-refractivity contribution in [2.24, 2.45) is 0 Å². The summed E-state index contributed by atoms with van der Waals surface area (Å²) in [5.74, 6) is 0. The first-order valence-corrected chi connectivity index (χ1v) is 6.72. The maximum Gasteiger partial charge on any atom is 0.291 e. The van der Waals surface area contributed by atoms with Crippen LogP contribution in [-0.2, 0) is 10.0 Å². The number of hydrogen-bond acceptors (Lipinski definition) is 5. The van der Waals surface area contributed by atoms with Crippen molar-refractivity contribution in [2.45, 2.75) is 4.90 Å². The van der Waals surface area contributed by atoms with Gasteiger partial charge in [-0.25, -0.2) is 8.42 Å². The molecule has 2 aromatic rings. The lowest BCUT2D eigenvalue weighted by molar-refractivity contribution is -0.387. The highest BCUT2D eigenvalue weighted by Gasteiger charge is 2.26. The van der Waals surface area contributed by atoms with E-state index in [2.05, 4.69) is 14.9 Å². The van der Waals surface area contributed by atoms with E-state index in [1.807, 2.05) is 0 Å². The molecule has 2 N–H and O–H groups in total. The molecule has 0 bridgehead atoms. The summed E-state index contributed by atoms with van der Waals surface area (Å²) >= 11 is 5.62. The Morgan fingerprint density at radius 1 is 1.42 bits per heavy atom. The molecule has 2 rings (SSSR count). The van der Waals surface area contributed by atoms with Crippen LogP contribution in [-0.4, -0.2) is 23.5 Å². The van der Waals surface area contributed by atoms with Crippen LogP contribution in [0, 0.1) is 10.1 Å². The van der Waals surface area contributed by atoms with E-state index in [-0.39, 0.29) is 10.7 Å². The van der Waals surface area contributed by atoms with Crippen molar-refractivity contribution in [1.29, 1.82) is 0 Å². The SMILES string of the molecule is O=[N+]([O-])c1cc(Cl)ccc1S(=O)(=O)Nc1cn[nH]c1. The van der Waals surface area contributed by atoms with E-state index in [9.17, 15) is 18.5 Å². The molecular formula is C9H7ClN4O4S. The van der Waals surface area contributed by atoms with Crippen LogP contribution in [0.4, 0.5) is 11.4 Å². The highest BCUT2D eigenvalue weighted by Crippen LogP contribution is 2.28. The van der Waals surface area contributed by atoms with Gasteiger partial charge in [0.2, 0.25) is 0 Å². The van der Waals surface area contributed by atoms with Crippen molar-refractivity contribution in [3.8, 4) is 0 Å². The van der Waals surface area contributed by atoms with Crippen LogP contribution in [0.3, 0.4) is 0 Å². The van der Waals surface area contributed by atoms with Crippen molar-refractivity contribution in [1.82, 2.24) is 10.2 Å². The Labute approximate surface area is 112 Å². The summed E-state index contributed by atoms with van der Waals surface area (Å²) in [7, 11) is -4.09. The molecule has 0 aliphatic heterocycles. The van der Waals surface area contributed by atoms with E-state index in [1.54, 1.807) is 0 Å². The number of sulfonamides is 1. The second-order valence-electron chi connectivity index (χ2n) is 3.46. The first kappa shape index (κ1) is 13.3. The monoisotopic (exact) mass is 302 g/mol. The van der Waals surface area contributed by atoms with Crippen LogP contribution in [0.5, 0.6) is 0 Å². The lowest BCUT2D eigenvalue weighted by Crippen LogP contribution is -2.14. The maximum absolute atomic E-state index is 12.0. The molecule has 0 amide bonds. The summed E-state index contributed by atoms with van der Waals surface area (Å²) < 4.78 is 26.2. The minimum absolute atomic E-state index is 0.0777. The number of aromatic nitrogens is 2. The second-order valence-corrected chi connectivity index (χ2v) is 5.55. The van der Waals surface area contributed by atoms with Crippen LogP contribution in [0.1, 0.15) is 0 Å². The zero-order valence-electron chi connectivity index (χ0n) is 9.20. The Bertz CT molecular complexity index is 714. The van der Waals surface area contributed by atoms with Gasteiger partial charge in [0.15, 0.2) is 4.90 Å². The zero-order chi connectivity index (χ0) is 14.0. The topological polar surface area (TPSA) is 118 Å². The quantitative estimate of drug-likeness (QED) is 0.659. The predicted molar refractivity (Wildman–Crippen MR) is 67.5 cm³/mol. The molecule has 8 nitrogen and oxygen atoms in total. The molecule has 0 fully saturated rings. The van der Waals surface area contributed by atoms with Crippen LogP contribution >= 0.6 is 11.6 Å². The molecule has 1 aromatic carbocycles. The van der Waals surface area contributed by atoms with E-state index in [0.29, 0.717) is 0 Å². The molecule has 0 saturated carbocycles.